The Bertz CT molecular complexity index is 651. The van der Waals surface area contributed by atoms with Crippen molar-refractivity contribution in [2.45, 2.75) is 6.61 Å². The van der Waals surface area contributed by atoms with E-state index in [-0.39, 0.29) is 21.6 Å². The molecule has 21 heavy (non-hydrogen) atoms. The molecule has 0 saturated heterocycles. The van der Waals surface area contributed by atoms with Crippen LogP contribution in [0.1, 0.15) is 15.9 Å². The first-order valence-corrected chi connectivity index (χ1v) is 6.90. The smallest absolute Gasteiger partial charge is 0.255 e. The molecule has 3 N–H and O–H groups in total. The second-order valence-electron chi connectivity index (χ2n) is 4.45. The monoisotopic (exact) mass is 324 g/mol. The van der Waals surface area contributed by atoms with Crippen molar-refractivity contribution < 1.29 is 9.53 Å². The first kappa shape index (κ1) is 15.6. The van der Waals surface area contributed by atoms with E-state index in [0.717, 1.165) is 5.56 Å². The zero-order valence-corrected chi connectivity index (χ0v) is 12.8. The summed E-state index contributed by atoms with van der Waals surface area (Å²) in [5.74, 6) is -0.310. The van der Waals surface area contributed by atoms with Crippen LogP contribution in [0.5, 0.6) is 0 Å². The molecule has 0 saturated carbocycles. The van der Waals surface area contributed by atoms with Crippen molar-refractivity contribution in [2.75, 3.05) is 18.2 Å². The van der Waals surface area contributed by atoms with Gasteiger partial charge in [-0.05, 0) is 29.8 Å². The summed E-state index contributed by atoms with van der Waals surface area (Å²) in [7, 11) is 1.61. The molecule has 0 aliphatic heterocycles. The zero-order valence-electron chi connectivity index (χ0n) is 11.3. The first-order valence-electron chi connectivity index (χ1n) is 6.15. The van der Waals surface area contributed by atoms with E-state index in [1.807, 2.05) is 18.2 Å². The molecule has 0 spiro atoms. The van der Waals surface area contributed by atoms with Crippen molar-refractivity contribution in [2.24, 2.45) is 0 Å². The molecule has 0 bridgehead atoms. The molecule has 4 nitrogen and oxygen atoms in total. The van der Waals surface area contributed by atoms with Gasteiger partial charge in [0.25, 0.3) is 5.91 Å². The highest BCUT2D eigenvalue weighted by Crippen LogP contribution is 2.29. The molecule has 6 heteroatoms. The van der Waals surface area contributed by atoms with Gasteiger partial charge in [-0.1, -0.05) is 35.3 Å². The maximum absolute atomic E-state index is 12.2. The van der Waals surface area contributed by atoms with Gasteiger partial charge in [-0.3, -0.25) is 4.79 Å². The predicted octanol–water partition coefficient (Wildman–Crippen LogP) is 3.97. The van der Waals surface area contributed by atoms with Crippen molar-refractivity contribution in [3.63, 3.8) is 0 Å². The third-order valence-electron chi connectivity index (χ3n) is 2.81. The number of hydrogen-bond donors (Lipinski definition) is 2. The Morgan fingerprint density at radius 3 is 2.71 bits per heavy atom. The molecule has 110 valence electrons. The van der Waals surface area contributed by atoms with Gasteiger partial charge in [-0.25, -0.2) is 0 Å². The van der Waals surface area contributed by atoms with Crippen molar-refractivity contribution in [3.05, 3.63) is 57.6 Å². The van der Waals surface area contributed by atoms with Crippen molar-refractivity contribution in [3.8, 4) is 0 Å². The van der Waals surface area contributed by atoms with E-state index in [4.69, 9.17) is 33.7 Å². The molecule has 0 aliphatic carbocycles. The number of nitrogen functional groups attached to an aromatic ring is 1. The Labute approximate surface area is 132 Å². The van der Waals surface area contributed by atoms with Gasteiger partial charge in [0.2, 0.25) is 0 Å². The van der Waals surface area contributed by atoms with Gasteiger partial charge in [-0.15, -0.1) is 0 Å². The Morgan fingerprint density at radius 1 is 1.29 bits per heavy atom. The van der Waals surface area contributed by atoms with Gasteiger partial charge in [0.05, 0.1) is 22.3 Å². The number of amides is 1. The summed E-state index contributed by atoms with van der Waals surface area (Å²) in [4.78, 5) is 12.2. The number of anilines is 2. The van der Waals surface area contributed by atoms with E-state index >= 15 is 0 Å². The maximum Gasteiger partial charge on any atom is 0.255 e. The highest BCUT2D eigenvalue weighted by atomic mass is 35.5. The van der Waals surface area contributed by atoms with Gasteiger partial charge < -0.3 is 15.8 Å². The predicted molar refractivity (Wildman–Crippen MR) is 86.0 cm³/mol. The van der Waals surface area contributed by atoms with Crippen LogP contribution in [0.15, 0.2) is 36.4 Å². The van der Waals surface area contributed by atoms with Crippen LogP contribution in [0.25, 0.3) is 0 Å². The molecule has 0 unspecified atom stereocenters. The normalized spacial score (nSPS) is 10.4. The topological polar surface area (TPSA) is 64.3 Å². The minimum atomic E-state index is -0.310. The van der Waals surface area contributed by atoms with E-state index in [9.17, 15) is 4.79 Å². The third-order valence-corrected chi connectivity index (χ3v) is 3.63. The van der Waals surface area contributed by atoms with Crippen LogP contribution in [0, 0.1) is 0 Å². The van der Waals surface area contributed by atoms with Crippen molar-refractivity contribution in [1.29, 1.82) is 0 Å². The summed E-state index contributed by atoms with van der Waals surface area (Å²) in [6.07, 6.45) is 0. The van der Waals surface area contributed by atoms with Crippen molar-refractivity contribution >= 4 is 40.5 Å². The minimum Gasteiger partial charge on any atom is -0.397 e. The highest BCUT2D eigenvalue weighted by molar-refractivity contribution is 6.44. The number of hydrogen-bond acceptors (Lipinski definition) is 3. The lowest BCUT2D eigenvalue weighted by atomic mass is 10.1. The SMILES string of the molecule is COCc1cccc(NC(=O)c2cc(N)c(Cl)c(Cl)c2)c1. The van der Waals surface area contributed by atoms with Gasteiger partial charge in [0.1, 0.15) is 0 Å². The summed E-state index contributed by atoms with van der Waals surface area (Å²) >= 11 is 11.8. The molecule has 2 rings (SSSR count). The second-order valence-corrected chi connectivity index (χ2v) is 5.23. The number of rotatable bonds is 4. The van der Waals surface area contributed by atoms with E-state index in [1.54, 1.807) is 13.2 Å². The molecule has 0 aliphatic rings. The lowest BCUT2D eigenvalue weighted by molar-refractivity contribution is 0.102. The average Bonchev–Trinajstić information content (AvgIpc) is 2.45. The molecule has 0 fully saturated rings. The number of benzene rings is 2. The quantitative estimate of drug-likeness (QED) is 0.836. The Morgan fingerprint density at radius 2 is 2.05 bits per heavy atom. The molecule has 2 aromatic carbocycles. The lowest BCUT2D eigenvalue weighted by Crippen LogP contribution is -2.12. The number of carbonyl (C=O) groups is 1. The molecule has 0 heterocycles. The summed E-state index contributed by atoms with van der Waals surface area (Å²) in [6, 6.07) is 10.3. The zero-order chi connectivity index (χ0) is 15.4. The average molecular weight is 325 g/mol. The summed E-state index contributed by atoms with van der Waals surface area (Å²) in [6.45, 7) is 0.476. The van der Waals surface area contributed by atoms with E-state index < -0.39 is 0 Å². The molecule has 1 amide bonds. The molecule has 0 atom stereocenters. The first-order chi connectivity index (χ1) is 10.0. The van der Waals surface area contributed by atoms with Crippen LogP contribution >= 0.6 is 23.2 Å². The van der Waals surface area contributed by atoms with Crippen LogP contribution in [-0.2, 0) is 11.3 Å². The Hall–Kier alpha value is -1.75. The highest BCUT2D eigenvalue weighted by Gasteiger charge is 2.11. The van der Waals surface area contributed by atoms with Gasteiger partial charge in [0, 0.05) is 18.4 Å². The molecular formula is C15H14Cl2N2O2. The third kappa shape index (κ3) is 3.88. The van der Waals surface area contributed by atoms with Crippen LogP contribution in [0.3, 0.4) is 0 Å². The number of nitrogens with two attached hydrogens (primary N) is 1. The van der Waals surface area contributed by atoms with Crippen molar-refractivity contribution in [1.82, 2.24) is 0 Å². The number of methoxy groups -OCH3 is 1. The summed E-state index contributed by atoms with van der Waals surface area (Å²) in [5.41, 5.74) is 7.94. The standard InChI is InChI=1S/C15H14Cl2N2O2/c1-21-8-9-3-2-4-11(5-9)19-15(20)10-6-12(16)14(17)13(18)7-10/h2-7H,8,18H2,1H3,(H,19,20). The fraction of sp³-hybridized carbons (Fsp3) is 0.133. The van der Waals surface area contributed by atoms with Crippen LogP contribution in [0.4, 0.5) is 11.4 Å². The number of halogens is 2. The lowest BCUT2D eigenvalue weighted by Gasteiger charge is -2.09. The Kier molecular flexibility index (Phi) is 5.07. The van der Waals surface area contributed by atoms with Crippen LogP contribution < -0.4 is 11.1 Å². The van der Waals surface area contributed by atoms with Gasteiger partial charge >= 0.3 is 0 Å². The molecule has 0 radical (unpaired) electrons. The Balaban J connectivity index is 2.20. The fourth-order valence-corrected chi connectivity index (χ4v) is 2.19. The van der Waals surface area contributed by atoms with E-state index in [2.05, 4.69) is 5.32 Å². The largest absolute Gasteiger partial charge is 0.397 e. The number of nitrogens with one attached hydrogen (secondary N) is 1. The fourth-order valence-electron chi connectivity index (χ4n) is 1.85. The number of ether oxygens (including phenoxy) is 1. The number of carbonyl (C=O) groups excluding carboxylic acids is 1. The maximum atomic E-state index is 12.2. The molecule has 2 aromatic rings. The van der Waals surface area contributed by atoms with Gasteiger partial charge in [-0.2, -0.15) is 0 Å². The second kappa shape index (κ2) is 6.80. The van der Waals surface area contributed by atoms with Crippen LogP contribution in [-0.4, -0.2) is 13.0 Å². The van der Waals surface area contributed by atoms with E-state index in [1.165, 1.54) is 12.1 Å². The minimum absolute atomic E-state index is 0.245. The van der Waals surface area contributed by atoms with Gasteiger partial charge in [0.15, 0.2) is 0 Å². The molecular weight excluding hydrogens is 311 g/mol. The molecule has 0 aromatic heterocycles. The summed E-state index contributed by atoms with van der Waals surface area (Å²) < 4.78 is 5.06. The summed E-state index contributed by atoms with van der Waals surface area (Å²) in [5, 5.41) is 3.27. The van der Waals surface area contributed by atoms with E-state index in [0.29, 0.717) is 17.9 Å². The van der Waals surface area contributed by atoms with Crippen LogP contribution in [0.2, 0.25) is 10.0 Å².